The smallest absolute Gasteiger partial charge is 0.315 e. The molecule has 2 aliphatic heterocycles. The molecule has 50 heavy (non-hydrogen) atoms. The van der Waals surface area contributed by atoms with Gasteiger partial charge in [0.25, 0.3) is 5.91 Å². The van der Waals surface area contributed by atoms with Crippen molar-refractivity contribution in [2.24, 2.45) is 28.9 Å². The number of fused-ring (bicyclic) bond motifs is 1. The van der Waals surface area contributed by atoms with Crippen LogP contribution in [0.25, 0.3) is 0 Å². The number of rotatable bonds is 13. The molecule has 0 radical (unpaired) electrons. The predicted octanol–water partition coefficient (Wildman–Crippen LogP) is 3.77. The molecule has 3 fully saturated rings. The van der Waals surface area contributed by atoms with E-state index in [0.29, 0.717) is 32.5 Å². The van der Waals surface area contributed by atoms with E-state index in [9.17, 15) is 28.2 Å². The van der Waals surface area contributed by atoms with Gasteiger partial charge in [-0.2, -0.15) is 0 Å². The first-order valence-corrected chi connectivity index (χ1v) is 20.0. The Morgan fingerprint density at radius 2 is 1.72 bits per heavy atom. The van der Waals surface area contributed by atoms with Crippen LogP contribution in [-0.2, 0) is 36.7 Å². The summed E-state index contributed by atoms with van der Waals surface area (Å²) in [5, 5.41) is 10.9. The third kappa shape index (κ3) is 9.22. The molecule has 6 atom stereocenters. The third-order valence-electron chi connectivity index (χ3n) is 10.5. The maximum Gasteiger partial charge on any atom is 0.315 e. The maximum absolute atomic E-state index is 14.6. The van der Waals surface area contributed by atoms with Gasteiger partial charge in [-0.25, -0.2) is 13.3 Å². The average molecular weight is 731 g/mol. The fraction of sp³-hybridized carbons (Fsp3) is 0.694. The van der Waals surface area contributed by atoms with Crippen LogP contribution in [0.2, 0.25) is 0 Å². The van der Waals surface area contributed by atoms with Crippen molar-refractivity contribution in [3.05, 3.63) is 28.0 Å². The Labute approximate surface area is 302 Å². The van der Waals surface area contributed by atoms with Crippen molar-refractivity contribution in [3.8, 4) is 0 Å². The number of urea groups is 1. The van der Waals surface area contributed by atoms with Gasteiger partial charge in [0, 0.05) is 36.5 Å². The molecule has 12 nitrogen and oxygen atoms in total. The lowest BCUT2D eigenvalue weighted by atomic mass is 9.83. The number of nitrogens with zero attached hydrogens (tertiary/aromatic N) is 2. The zero-order valence-corrected chi connectivity index (χ0v) is 31.6. The van der Waals surface area contributed by atoms with E-state index >= 15 is 0 Å². The fourth-order valence-corrected chi connectivity index (χ4v) is 10.1. The number of ketones is 1. The normalized spacial score (nSPS) is 24.5. The van der Waals surface area contributed by atoms with E-state index in [0.717, 1.165) is 60.3 Å². The van der Waals surface area contributed by atoms with Crippen LogP contribution in [0.1, 0.15) is 97.3 Å². The molecule has 0 spiro atoms. The van der Waals surface area contributed by atoms with Crippen molar-refractivity contribution in [1.29, 1.82) is 0 Å². The molecule has 1 aromatic rings. The number of thiophene rings is 1. The minimum Gasteiger partial charge on any atom is -0.363 e. The summed E-state index contributed by atoms with van der Waals surface area (Å²) in [7, 11) is -1.30. The second-order valence-electron chi connectivity index (χ2n) is 15.8. The molecule has 5 N–H and O–H groups in total. The van der Waals surface area contributed by atoms with Crippen molar-refractivity contribution in [1.82, 2.24) is 25.2 Å². The summed E-state index contributed by atoms with van der Waals surface area (Å²) < 4.78 is 15.1. The second-order valence-corrected chi connectivity index (χ2v) is 18.3. The first-order valence-electron chi connectivity index (χ1n) is 18.0. The van der Waals surface area contributed by atoms with E-state index in [1.165, 1.54) is 0 Å². The Morgan fingerprint density at radius 1 is 1.02 bits per heavy atom. The van der Waals surface area contributed by atoms with E-state index in [-0.39, 0.29) is 35.1 Å². The van der Waals surface area contributed by atoms with Crippen molar-refractivity contribution < 1.29 is 28.2 Å². The molecule has 14 heteroatoms. The van der Waals surface area contributed by atoms with Crippen molar-refractivity contribution in [2.45, 2.75) is 128 Å². The number of likely N-dealkylation sites (tertiary alicyclic amines) is 1. The standard InChI is InChI=1S/C36H54N6O6S2/c1-21(2)17-24-13-15-42(30(24)33(45)38-25(18-22-11-12-22)31(43)32(37)44)34(46)29(23-9-7-6-8-10-23)40-35(47)39-28(36(3,4)5)20-41-19-26-27(50(41)48)14-16-49-26/h14,16-17,22-25,28-30H,6-13,15,18-20H2,1-5H3,(H2,37,44)(H,38,45)(H2,39,40,47)/t24?,25?,28-,29+,30+,50?/m1/s1. The number of allylic oxidation sites excluding steroid dienone is 1. The van der Waals surface area contributed by atoms with Gasteiger partial charge in [-0.1, -0.05) is 64.5 Å². The fourth-order valence-electron chi connectivity index (χ4n) is 7.55. The summed E-state index contributed by atoms with van der Waals surface area (Å²) in [6.07, 6.45) is 9.18. The van der Waals surface area contributed by atoms with Gasteiger partial charge < -0.3 is 26.6 Å². The molecular formula is C36H54N6O6S2. The number of nitrogens with one attached hydrogen (secondary N) is 3. The number of Topliss-reactive ketones (excluding diaryl/α,β-unsaturated/α-hetero) is 1. The number of hydrogen-bond acceptors (Lipinski definition) is 7. The molecule has 0 bridgehead atoms. The minimum atomic E-state index is -1.30. The highest BCUT2D eigenvalue weighted by Crippen LogP contribution is 2.36. The van der Waals surface area contributed by atoms with Crippen LogP contribution in [0.15, 0.2) is 28.0 Å². The van der Waals surface area contributed by atoms with E-state index in [2.05, 4.69) is 16.0 Å². The summed E-state index contributed by atoms with van der Waals surface area (Å²) in [4.78, 5) is 70.6. The molecule has 2 saturated carbocycles. The highest BCUT2D eigenvalue weighted by atomic mass is 32.2. The molecule has 2 aliphatic carbocycles. The Bertz CT molecular complexity index is 1510. The van der Waals surface area contributed by atoms with Gasteiger partial charge in [0.15, 0.2) is 0 Å². The zero-order valence-electron chi connectivity index (χ0n) is 30.0. The molecule has 1 aromatic heterocycles. The Balaban J connectivity index is 1.35. The molecule has 276 valence electrons. The van der Waals surface area contributed by atoms with Gasteiger partial charge in [-0.3, -0.25) is 19.2 Å². The number of primary amides is 1. The van der Waals surface area contributed by atoms with Gasteiger partial charge in [-0.05, 0) is 68.2 Å². The summed E-state index contributed by atoms with van der Waals surface area (Å²) >= 11 is 1.58. The van der Waals surface area contributed by atoms with Gasteiger partial charge in [0.05, 0.1) is 10.9 Å². The quantitative estimate of drug-likeness (QED) is 0.178. The second kappa shape index (κ2) is 16.1. The summed E-state index contributed by atoms with van der Waals surface area (Å²) in [5.74, 6) is -2.91. The van der Waals surface area contributed by atoms with E-state index in [1.54, 1.807) is 16.2 Å². The maximum atomic E-state index is 14.6. The lowest BCUT2D eigenvalue weighted by molar-refractivity contribution is -0.143. The van der Waals surface area contributed by atoms with Crippen LogP contribution < -0.4 is 21.7 Å². The summed E-state index contributed by atoms with van der Waals surface area (Å²) in [5.41, 5.74) is 5.97. The molecule has 5 amide bonds. The van der Waals surface area contributed by atoms with Gasteiger partial charge in [0.2, 0.25) is 17.6 Å². The number of carbonyl (C=O) groups is 5. The lowest BCUT2D eigenvalue weighted by Crippen LogP contribution is -2.61. The SMILES string of the molecule is CC(C)=CC1CCN(C(=O)[C@@H](NC(=O)N[C@H](CN2Cc3sccc3S2=O)C(C)(C)C)C2CCCCC2)[C@@H]1C(=O)NC(CC1CC1)C(=O)C(N)=O. The molecule has 3 unspecified atom stereocenters. The van der Waals surface area contributed by atoms with Gasteiger partial charge in [0.1, 0.15) is 23.1 Å². The number of nitrogens with two attached hydrogens (primary N) is 1. The molecule has 4 aliphatic rings. The summed E-state index contributed by atoms with van der Waals surface area (Å²) in [6, 6.07) is -1.78. The Kier molecular flexibility index (Phi) is 12.3. The highest BCUT2D eigenvalue weighted by Gasteiger charge is 2.46. The van der Waals surface area contributed by atoms with Crippen molar-refractivity contribution in [3.63, 3.8) is 0 Å². The number of carbonyl (C=O) groups excluding carboxylic acids is 5. The van der Waals surface area contributed by atoms with Crippen LogP contribution in [-0.4, -0.2) is 80.2 Å². The van der Waals surface area contributed by atoms with Crippen LogP contribution >= 0.6 is 11.3 Å². The largest absolute Gasteiger partial charge is 0.363 e. The van der Waals surface area contributed by atoms with E-state index in [4.69, 9.17) is 5.73 Å². The molecular weight excluding hydrogens is 677 g/mol. The van der Waals surface area contributed by atoms with Gasteiger partial charge >= 0.3 is 6.03 Å². The molecule has 5 rings (SSSR count). The first kappa shape index (κ1) is 38.1. The topological polar surface area (TPSA) is 171 Å². The lowest BCUT2D eigenvalue weighted by Gasteiger charge is -2.37. The molecule has 0 aromatic carbocycles. The van der Waals surface area contributed by atoms with Crippen molar-refractivity contribution in [2.75, 3.05) is 13.1 Å². The van der Waals surface area contributed by atoms with E-state index in [1.807, 2.05) is 56.4 Å². The number of hydrogen-bond donors (Lipinski definition) is 4. The van der Waals surface area contributed by atoms with Crippen LogP contribution in [0.5, 0.6) is 0 Å². The molecule has 1 saturated heterocycles. The Hall–Kier alpha value is -3.10. The summed E-state index contributed by atoms with van der Waals surface area (Å²) in [6.45, 7) is 11.2. The van der Waals surface area contributed by atoms with Crippen LogP contribution in [0.3, 0.4) is 0 Å². The van der Waals surface area contributed by atoms with Crippen LogP contribution in [0.4, 0.5) is 4.79 Å². The van der Waals surface area contributed by atoms with Gasteiger partial charge in [-0.15, -0.1) is 11.3 Å². The monoisotopic (exact) mass is 730 g/mol. The first-order chi connectivity index (χ1) is 23.6. The van der Waals surface area contributed by atoms with E-state index < -0.39 is 52.7 Å². The third-order valence-corrected chi connectivity index (χ3v) is 13.1. The minimum absolute atomic E-state index is 0.109. The Morgan fingerprint density at radius 3 is 2.32 bits per heavy atom. The highest BCUT2D eigenvalue weighted by molar-refractivity contribution is 7.83. The number of amides is 5. The predicted molar refractivity (Wildman–Crippen MR) is 193 cm³/mol. The zero-order chi connectivity index (χ0) is 36.3. The average Bonchev–Trinajstić information content (AvgIpc) is 3.45. The van der Waals surface area contributed by atoms with Crippen LogP contribution in [0, 0.1) is 23.2 Å². The molecule has 3 heterocycles. The van der Waals surface area contributed by atoms with Crippen molar-refractivity contribution >= 4 is 51.9 Å².